The topological polar surface area (TPSA) is 79.3 Å². The summed E-state index contributed by atoms with van der Waals surface area (Å²) in [5.41, 5.74) is 3.50. The number of nitrogens with zero attached hydrogens (tertiary/aromatic N) is 3. The zero-order valence-corrected chi connectivity index (χ0v) is 13.5. The Labute approximate surface area is 132 Å². The molecule has 2 aromatic heterocycles. The van der Waals surface area contributed by atoms with Crippen LogP contribution in [0.4, 0.5) is 9.18 Å². The summed E-state index contributed by atoms with van der Waals surface area (Å²) in [6.07, 6.45) is 2.67. The van der Waals surface area contributed by atoms with Crippen LogP contribution in [-0.2, 0) is 0 Å². The van der Waals surface area contributed by atoms with Crippen molar-refractivity contribution in [2.24, 2.45) is 5.10 Å². The number of aromatic nitrogens is 2. The van der Waals surface area contributed by atoms with Gasteiger partial charge in [0.2, 0.25) is 0 Å². The number of pyridine rings is 1. The molecule has 2 heterocycles. The lowest BCUT2D eigenvalue weighted by Crippen LogP contribution is -2.29. The van der Waals surface area contributed by atoms with Crippen LogP contribution in [0.5, 0.6) is 0 Å². The molecule has 0 aliphatic rings. The van der Waals surface area contributed by atoms with E-state index < -0.39 is 11.8 Å². The highest BCUT2D eigenvalue weighted by molar-refractivity contribution is 9.10. The van der Waals surface area contributed by atoms with Gasteiger partial charge in [0, 0.05) is 18.8 Å². The number of urea groups is 1. The van der Waals surface area contributed by atoms with Gasteiger partial charge in [-0.05, 0) is 28.9 Å². The Hall–Kier alpha value is -1.87. The van der Waals surface area contributed by atoms with Crippen molar-refractivity contribution in [3.63, 3.8) is 0 Å². The van der Waals surface area contributed by atoms with E-state index in [9.17, 15) is 9.18 Å². The van der Waals surface area contributed by atoms with Crippen molar-refractivity contribution >= 4 is 39.0 Å². The van der Waals surface area contributed by atoms with E-state index in [2.05, 4.69) is 41.7 Å². The molecule has 0 spiro atoms. The number of hydrogen-bond donors (Lipinski definition) is 2. The van der Waals surface area contributed by atoms with Crippen molar-refractivity contribution in [2.75, 3.05) is 7.05 Å². The van der Waals surface area contributed by atoms with Crippen LogP contribution < -0.4 is 10.7 Å². The summed E-state index contributed by atoms with van der Waals surface area (Å²) in [7, 11) is 1.50. The van der Waals surface area contributed by atoms with E-state index in [4.69, 9.17) is 0 Å². The lowest BCUT2D eigenvalue weighted by Gasteiger charge is -1.99. The number of rotatable bonds is 3. The molecule has 110 valence electrons. The van der Waals surface area contributed by atoms with Gasteiger partial charge in [0.15, 0.2) is 0 Å². The van der Waals surface area contributed by atoms with Crippen LogP contribution in [0, 0.1) is 5.82 Å². The summed E-state index contributed by atoms with van der Waals surface area (Å²) in [6, 6.07) is 0.946. The van der Waals surface area contributed by atoms with Crippen molar-refractivity contribution in [1.29, 1.82) is 0 Å². The molecule has 0 saturated carbocycles. The highest BCUT2D eigenvalue weighted by Crippen LogP contribution is 2.31. The second-order valence-corrected chi connectivity index (χ2v) is 5.67. The molecule has 2 rings (SSSR count). The smallest absolute Gasteiger partial charge is 0.334 e. The fourth-order valence-electron chi connectivity index (χ4n) is 1.42. The molecule has 0 atom stereocenters. The Balaban J connectivity index is 2.29. The van der Waals surface area contributed by atoms with Gasteiger partial charge in [-0.1, -0.05) is 0 Å². The van der Waals surface area contributed by atoms with Gasteiger partial charge in [-0.15, -0.1) is 11.3 Å². The third-order valence-electron chi connectivity index (χ3n) is 2.42. The normalized spacial score (nSPS) is 11.3. The van der Waals surface area contributed by atoms with Gasteiger partial charge in [-0.2, -0.15) is 5.10 Å². The van der Waals surface area contributed by atoms with Crippen molar-refractivity contribution in [3.05, 3.63) is 33.8 Å². The van der Waals surface area contributed by atoms with Crippen LogP contribution >= 0.6 is 27.3 Å². The van der Waals surface area contributed by atoms with Crippen LogP contribution in [0.3, 0.4) is 0 Å². The van der Waals surface area contributed by atoms with E-state index in [0.717, 1.165) is 11.1 Å². The minimum atomic E-state index is -0.424. The molecule has 2 amide bonds. The molecule has 0 radical (unpaired) electrons. The molecular formula is C12H11BrFN5OS. The van der Waals surface area contributed by atoms with Crippen LogP contribution in [0.2, 0.25) is 0 Å². The Bertz CT molecular complexity index is 703. The second-order valence-electron chi connectivity index (χ2n) is 3.92. The fraction of sp³-hybridized carbons (Fsp3) is 0.167. The maximum Gasteiger partial charge on any atom is 0.334 e. The van der Waals surface area contributed by atoms with Crippen molar-refractivity contribution in [3.8, 4) is 10.6 Å². The maximum absolute atomic E-state index is 13.2. The SMILES string of the molecule is CNC(=O)N/N=C(\C)c1sc(-c2cncc(F)c2)nc1Br. The molecule has 0 aliphatic heterocycles. The molecular weight excluding hydrogens is 361 g/mol. The number of hydrogen-bond acceptors (Lipinski definition) is 5. The third-order valence-corrected chi connectivity index (χ3v) is 4.47. The predicted molar refractivity (Wildman–Crippen MR) is 82.8 cm³/mol. The van der Waals surface area contributed by atoms with E-state index >= 15 is 0 Å². The number of carbonyl (C=O) groups is 1. The fourth-order valence-corrected chi connectivity index (χ4v) is 3.13. The van der Waals surface area contributed by atoms with Crippen molar-refractivity contribution < 1.29 is 9.18 Å². The van der Waals surface area contributed by atoms with Crippen LogP contribution in [0.25, 0.3) is 10.6 Å². The largest absolute Gasteiger partial charge is 0.340 e. The van der Waals surface area contributed by atoms with Gasteiger partial charge < -0.3 is 5.32 Å². The first kappa shape index (κ1) is 15.5. The highest BCUT2D eigenvalue weighted by Gasteiger charge is 2.14. The van der Waals surface area contributed by atoms with E-state index in [0.29, 0.717) is 20.9 Å². The lowest BCUT2D eigenvalue weighted by atomic mass is 10.3. The van der Waals surface area contributed by atoms with Gasteiger partial charge in [-0.25, -0.2) is 19.6 Å². The monoisotopic (exact) mass is 371 g/mol. The zero-order chi connectivity index (χ0) is 15.4. The number of carbonyl (C=O) groups excluding carboxylic acids is 1. The number of nitrogens with one attached hydrogen (secondary N) is 2. The summed E-state index contributed by atoms with van der Waals surface area (Å²) in [5, 5.41) is 6.96. The standard InChI is InChI=1S/C12H11BrFN5OS/c1-6(18-19-12(20)15-2)9-10(13)17-11(21-9)7-3-8(14)5-16-4-7/h3-5H,1-2H3,(H2,15,19,20)/b18-6+. The van der Waals surface area contributed by atoms with E-state index in [-0.39, 0.29) is 0 Å². The quantitative estimate of drug-likeness (QED) is 0.642. The number of thiazole rings is 1. The predicted octanol–water partition coefficient (Wildman–Crippen LogP) is 2.76. The van der Waals surface area contributed by atoms with Gasteiger partial charge in [-0.3, -0.25) is 4.98 Å². The van der Waals surface area contributed by atoms with Crippen LogP contribution in [0.15, 0.2) is 28.2 Å². The molecule has 0 bridgehead atoms. The molecule has 6 nitrogen and oxygen atoms in total. The zero-order valence-electron chi connectivity index (χ0n) is 11.1. The van der Waals surface area contributed by atoms with Crippen molar-refractivity contribution in [1.82, 2.24) is 20.7 Å². The Kier molecular flexibility index (Phi) is 4.97. The molecule has 9 heteroatoms. The summed E-state index contributed by atoms with van der Waals surface area (Å²) in [6.45, 7) is 1.74. The summed E-state index contributed by atoms with van der Waals surface area (Å²) in [5.74, 6) is -0.424. The first-order valence-electron chi connectivity index (χ1n) is 5.81. The van der Waals surface area contributed by atoms with Crippen molar-refractivity contribution in [2.45, 2.75) is 6.92 Å². The van der Waals surface area contributed by atoms with Gasteiger partial charge >= 0.3 is 6.03 Å². The van der Waals surface area contributed by atoms with E-state index in [1.807, 2.05) is 0 Å². The van der Waals surface area contributed by atoms with Crippen LogP contribution in [-0.4, -0.2) is 28.8 Å². The molecule has 0 saturated heterocycles. The molecule has 2 N–H and O–H groups in total. The Morgan fingerprint density at radius 2 is 2.24 bits per heavy atom. The van der Waals surface area contributed by atoms with E-state index in [1.54, 1.807) is 6.92 Å². The Morgan fingerprint density at radius 1 is 1.48 bits per heavy atom. The maximum atomic E-state index is 13.2. The number of hydrazone groups is 1. The molecule has 2 aromatic rings. The average Bonchev–Trinajstić information content (AvgIpc) is 2.86. The Morgan fingerprint density at radius 3 is 2.90 bits per heavy atom. The summed E-state index contributed by atoms with van der Waals surface area (Å²) in [4.78, 5) is 19.9. The lowest BCUT2D eigenvalue weighted by molar-refractivity contribution is 0.243. The van der Waals surface area contributed by atoms with Gasteiger partial charge in [0.05, 0.1) is 16.8 Å². The second kappa shape index (κ2) is 6.72. The van der Waals surface area contributed by atoms with Gasteiger partial charge in [0.1, 0.15) is 15.4 Å². The minimum absolute atomic E-state index is 0.412. The molecule has 0 fully saturated rings. The van der Waals surface area contributed by atoms with E-state index in [1.165, 1.54) is 30.6 Å². The number of amides is 2. The highest BCUT2D eigenvalue weighted by atomic mass is 79.9. The first-order chi connectivity index (χ1) is 10.0. The van der Waals surface area contributed by atoms with Gasteiger partial charge in [0.25, 0.3) is 0 Å². The molecule has 21 heavy (non-hydrogen) atoms. The molecule has 0 unspecified atom stereocenters. The molecule has 0 aliphatic carbocycles. The molecule has 0 aromatic carbocycles. The number of halogens is 2. The first-order valence-corrected chi connectivity index (χ1v) is 7.42. The third kappa shape index (κ3) is 3.82. The van der Waals surface area contributed by atoms with Crippen LogP contribution in [0.1, 0.15) is 11.8 Å². The average molecular weight is 372 g/mol. The summed E-state index contributed by atoms with van der Waals surface area (Å²) < 4.78 is 13.8. The summed E-state index contributed by atoms with van der Waals surface area (Å²) >= 11 is 4.66. The minimum Gasteiger partial charge on any atom is -0.340 e.